The SMILES string of the molecule is COc1cc(-c2ccccc2)sc1C(=O)NC1CC1. The molecule has 0 atom stereocenters. The summed E-state index contributed by atoms with van der Waals surface area (Å²) in [6.07, 6.45) is 2.18. The maximum Gasteiger partial charge on any atom is 0.265 e. The van der Waals surface area contributed by atoms with Crippen LogP contribution in [0.4, 0.5) is 0 Å². The van der Waals surface area contributed by atoms with Crippen LogP contribution in [0, 0.1) is 0 Å². The molecule has 1 saturated carbocycles. The molecule has 1 N–H and O–H groups in total. The lowest BCUT2D eigenvalue weighted by molar-refractivity contribution is 0.0952. The van der Waals surface area contributed by atoms with E-state index in [-0.39, 0.29) is 5.91 Å². The highest BCUT2D eigenvalue weighted by Gasteiger charge is 2.26. The van der Waals surface area contributed by atoms with Crippen molar-refractivity contribution in [2.75, 3.05) is 7.11 Å². The van der Waals surface area contributed by atoms with Gasteiger partial charge in [-0.05, 0) is 24.5 Å². The molecule has 1 amide bonds. The van der Waals surface area contributed by atoms with Gasteiger partial charge >= 0.3 is 0 Å². The first-order valence-corrected chi connectivity index (χ1v) is 7.13. The second kappa shape index (κ2) is 5.05. The van der Waals surface area contributed by atoms with Crippen molar-refractivity contribution in [2.24, 2.45) is 0 Å². The summed E-state index contributed by atoms with van der Waals surface area (Å²) in [7, 11) is 1.60. The molecule has 3 nitrogen and oxygen atoms in total. The highest BCUT2D eigenvalue weighted by atomic mass is 32.1. The molecule has 0 bridgehead atoms. The van der Waals surface area contributed by atoms with Crippen LogP contribution in [-0.2, 0) is 0 Å². The van der Waals surface area contributed by atoms with Gasteiger partial charge in [0.1, 0.15) is 10.6 Å². The summed E-state index contributed by atoms with van der Waals surface area (Å²) in [6, 6.07) is 12.3. The Hall–Kier alpha value is -1.81. The highest BCUT2D eigenvalue weighted by Crippen LogP contribution is 2.36. The number of methoxy groups -OCH3 is 1. The summed E-state index contributed by atoms with van der Waals surface area (Å²) in [6.45, 7) is 0. The standard InChI is InChI=1S/C15H15NO2S/c1-18-12-9-13(10-5-3-2-4-6-10)19-14(12)15(17)16-11-7-8-11/h2-6,9,11H,7-8H2,1H3,(H,16,17). The van der Waals surface area contributed by atoms with E-state index in [2.05, 4.69) is 5.32 Å². The van der Waals surface area contributed by atoms with E-state index in [1.807, 2.05) is 36.4 Å². The van der Waals surface area contributed by atoms with E-state index in [1.165, 1.54) is 11.3 Å². The number of carbonyl (C=O) groups is 1. The van der Waals surface area contributed by atoms with Gasteiger partial charge < -0.3 is 10.1 Å². The van der Waals surface area contributed by atoms with E-state index in [1.54, 1.807) is 7.11 Å². The van der Waals surface area contributed by atoms with Gasteiger partial charge in [0.25, 0.3) is 5.91 Å². The van der Waals surface area contributed by atoms with Crippen molar-refractivity contribution in [1.82, 2.24) is 5.32 Å². The molecule has 0 spiro atoms. The van der Waals surface area contributed by atoms with Gasteiger partial charge in [0.05, 0.1) is 7.11 Å². The van der Waals surface area contributed by atoms with Crippen LogP contribution in [0.2, 0.25) is 0 Å². The van der Waals surface area contributed by atoms with Crippen LogP contribution < -0.4 is 10.1 Å². The van der Waals surface area contributed by atoms with Crippen molar-refractivity contribution in [2.45, 2.75) is 18.9 Å². The highest BCUT2D eigenvalue weighted by molar-refractivity contribution is 7.17. The van der Waals surface area contributed by atoms with Crippen molar-refractivity contribution >= 4 is 17.2 Å². The van der Waals surface area contributed by atoms with Gasteiger partial charge in [-0.25, -0.2) is 0 Å². The molecule has 1 fully saturated rings. The molecule has 19 heavy (non-hydrogen) atoms. The topological polar surface area (TPSA) is 38.3 Å². The first kappa shape index (κ1) is 12.2. The zero-order valence-electron chi connectivity index (χ0n) is 10.7. The van der Waals surface area contributed by atoms with E-state index < -0.39 is 0 Å². The molecule has 0 aliphatic heterocycles. The van der Waals surface area contributed by atoms with Crippen LogP contribution in [0.5, 0.6) is 5.75 Å². The molecule has 2 aromatic rings. The van der Waals surface area contributed by atoms with E-state index in [0.717, 1.165) is 23.3 Å². The normalized spacial score (nSPS) is 14.2. The lowest BCUT2D eigenvalue weighted by atomic mass is 10.2. The predicted octanol–water partition coefficient (Wildman–Crippen LogP) is 3.32. The molecule has 1 aromatic heterocycles. The minimum absolute atomic E-state index is 0.0217. The molecule has 1 aromatic carbocycles. The second-order valence-corrected chi connectivity index (χ2v) is 5.67. The van der Waals surface area contributed by atoms with Gasteiger partial charge in [0.15, 0.2) is 0 Å². The summed E-state index contributed by atoms with van der Waals surface area (Å²) in [5.74, 6) is 0.633. The summed E-state index contributed by atoms with van der Waals surface area (Å²) in [5, 5.41) is 3.00. The number of carbonyl (C=O) groups excluding carboxylic acids is 1. The van der Waals surface area contributed by atoms with Crippen LogP contribution in [-0.4, -0.2) is 19.1 Å². The van der Waals surface area contributed by atoms with Crippen LogP contribution in [0.1, 0.15) is 22.5 Å². The lowest BCUT2D eigenvalue weighted by Gasteiger charge is -2.02. The van der Waals surface area contributed by atoms with Gasteiger partial charge in [0, 0.05) is 10.9 Å². The Labute approximate surface area is 116 Å². The summed E-state index contributed by atoms with van der Waals surface area (Å²) < 4.78 is 5.32. The number of ether oxygens (including phenoxy) is 1. The number of benzene rings is 1. The number of amides is 1. The quantitative estimate of drug-likeness (QED) is 0.928. The molecule has 0 radical (unpaired) electrons. The van der Waals surface area contributed by atoms with Crippen LogP contribution in [0.25, 0.3) is 10.4 Å². The first-order valence-electron chi connectivity index (χ1n) is 6.32. The van der Waals surface area contributed by atoms with Crippen molar-refractivity contribution in [3.8, 4) is 16.2 Å². The molecule has 0 unspecified atom stereocenters. The third-order valence-electron chi connectivity index (χ3n) is 3.10. The molecule has 3 rings (SSSR count). The Balaban J connectivity index is 1.91. The fraction of sp³-hybridized carbons (Fsp3) is 0.267. The van der Waals surface area contributed by atoms with E-state index in [9.17, 15) is 4.79 Å². The number of rotatable bonds is 4. The third-order valence-corrected chi connectivity index (χ3v) is 4.26. The molecule has 0 saturated heterocycles. The zero-order chi connectivity index (χ0) is 13.2. The fourth-order valence-corrected chi connectivity index (χ4v) is 2.94. The Kier molecular flexibility index (Phi) is 3.25. The van der Waals surface area contributed by atoms with Crippen molar-refractivity contribution in [3.05, 3.63) is 41.3 Å². The van der Waals surface area contributed by atoms with Crippen molar-refractivity contribution < 1.29 is 9.53 Å². The summed E-state index contributed by atoms with van der Waals surface area (Å²) in [5.41, 5.74) is 1.11. The first-order chi connectivity index (χ1) is 9.28. The Morgan fingerprint density at radius 3 is 2.68 bits per heavy atom. The van der Waals surface area contributed by atoms with Gasteiger partial charge in [-0.15, -0.1) is 11.3 Å². The maximum atomic E-state index is 12.1. The molecule has 98 valence electrons. The van der Waals surface area contributed by atoms with Crippen LogP contribution in [0.3, 0.4) is 0 Å². The van der Waals surface area contributed by atoms with Gasteiger partial charge in [-0.1, -0.05) is 30.3 Å². The average molecular weight is 273 g/mol. The Bertz CT molecular complexity index is 587. The molecule has 4 heteroatoms. The summed E-state index contributed by atoms with van der Waals surface area (Å²) >= 11 is 1.48. The number of hydrogen-bond acceptors (Lipinski definition) is 3. The van der Waals surface area contributed by atoms with Gasteiger partial charge in [-0.3, -0.25) is 4.79 Å². The molecule has 1 aliphatic rings. The number of hydrogen-bond donors (Lipinski definition) is 1. The molecular weight excluding hydrogens is 258 g/mol. The van der Waals surface area contributed by atoms with Gasteiger partial charge in [0.2, 0.25) is 0 Å². The van der Waals surface area contributed by atoms with Crippen LogP contribution >= 0.6 is 11.3 Å². The fourth-order valence-electron chi connectivity index (χ4n) is 1.91. The van der Waals surface area contributed by atoms with Crippen LogP contribution in [0.15, 0.2) is 36.4 Å². The largest absolute Gasteiger partial charge is 0.495 e. The zero-order valence-corrected chi connectivity index (χ0v) is 11.5. The van der Waals surface area contributed by atoms with E-state index in [4.69, 9.17) is 4.74 Å². The lowest BCUT2D eigenvalue weighted by Crippen LogP contribution is -2.24. The number of thiophene rings is 1. The monoisotopic (exact) mass is 273 g/mol. The molecule has 1 heterocycles. The van der Waals surface area contributed by atoms with E-state index >= 15 is 0 Å². The minimum atomic E-state index is -0.0217. The van der Waals surface area contributed by atoms with Gasteiger partial charge in [-0.2, -0.15) is 0 Å². The second-order valence-electron chi connectivity index (χ2n) is 4.62. The maximum absolute atomic E-state index is 12.1. The Morgan fingerprint density at radius 1 is 1.32 bits per heavy atom. The summed E-state index contributed by atoms with van der Waals surface area (Å²) in [4.78, 5) is 13.9. The van der Waals surface area contributed by atoms with Crippen molar-refractivity contribution in [3.63, 3.8) is 0 Å². The smallest absolute Gasteiger partial charge is 0.265 e. The third kappa shape index (κ3) is 2.63. The minimum Gasteiger partial charge on any atom is -0.495 e. The molecular formula is C15H15NO2S. The molecule has 1 aliphatic carbocycles. The average Bonchev–Trinajstić information content (AvgIpc) is 3.15. The number of nitrogens with one attached hydrogen (secondary N) is 1. The van der Waals surface area contributed by atoms with Crippen molar-refractivity contribution in [1.29, 1.82) is 0 Å². The Morgan fingerprint density at radius 2 is 2.05 bits per heavy atom. The van der Waals surface area contributed by atoms with E-state index in [0.29, 0.717) is 16.7 Å². The predicted molar refractivity (Wildman–Crippen MR) is 76.8 cm³/mol.